The van der Waals surface area contributed by atoms with Crippen molar-refractivity contribution in [3.05, 3.63) is 114 Å². The first-order valence-electron chi connectivity index (χ1n) is 12.6. The lowest BCUT2D eigenvalue weighted by Gasteiger charge is -2.14. The fraction of sp³-hybridized carbons (Fsp3) is 0.156. The van der Waals surface area contributed by atoms with Crippen LogP contribution < -0.4 is 10.6 Å². The van der Waals surface area contributed by atoms with Crippen LogP contribution in [0.3, 0.4) is 0 Å². The molecule has 5 aromatic rings. The van der Waals surface area contributed by atoms with Crippen LogP contribution in [-0.2, 0) is 5.41 Å². The van der Waals surface area contributed by atoms with E-state index in [4.69, 9.17) is 5.10 Å². The third-order valence-electron chi connectivity index (χ3n) is 6.37. The number of carbonyl (C=O) groups is 1. The second kappa shape index (κ2) is 10.3. The molecule has 0 unspecified atom stereocenters. The first-order chi connectivity index (χ1) is 18.3. The normalized spacial score (nSPS) is 11.7. The molecule has 0 fully saturated rings. The Morgan fingerprint density at radius 3 is 2.26 bits per heavy atom. The van der Waals surface area contributed by atoms with E-state index in [0.29, 0.717) is 5.82 Å². The Balaban J connectivity index is 1.43. The van der Waals surface area contributed by atoms with E-state index in [-0.39, 0.29) is 11.4 Å². The third-order valence-corrected chi connectivity index (χ3v) is 6.37. The molecule has 2 N–H and O–H groups in total. The number of hydrogen-bond acceptors (Lipinski definition) is 3. The van der Waals surface area contributed by atoms with Crippen LogP contribution in [0.15, 0.2) is 91.3 Å². The van der Waals surface area contributed by atoms with Gasteiger partial charge in [-0.25, -0.2) is 9.48 Å². The van der Waals surface area contributed by atoms with E-state index >= 15 is 0 Å². The lowest BCUT2D eigenvalue weighted by atomic mass is 9.92. The molecule has 2 aromatic heterocycles. The van der Waals surface area contributed by atoms with Crippen LogP contribution in [0, 0.1) is 6.92 Å². The maximum atomic E-state index is 13.2. The average Bonchev–Trinajstić information content (AvgIpc) is 3.33. The standard InChI is InChI=1S/C32H31N5O/c1-22-9-14-25(15-10-22)37-30(21-29(36-37)32(2,3)4)35-31(38)34-28-16-13-24(26-7-5-6-8-27(26)28)12-11-23-17-19-33-20-18-23/h5-21H,1-4H3,(H2,34,35,38)/b12-11+. The summed E-state index contributed by atoms with van der Waals surface area (Å²) in [6.45, 7) is 8.37. The quantitative estimate of drug-likeness (QED) is 0.258. The van der Waals surface area contributed by atoms with Crippen LogP contribution >= 0.6 is 0 Å². The summed E-state index contributed by atoms with van der Waals surface area (Å²) in [5.74, 6) is 0.609. The maximum absolute atomic E-state index is 13.2. The summed E-state index contributed by atoms with van der Waals surface area (Å²) in [4.78, 5) is 17.3. The largest absolute Gasteiger partial charge is 0.324 e. The number of aryl methyl sites for hydroxylation is 1. The number of rotatable bonds is 5. The van der Waals surface area contributed by atoms with Crippen LogP contribution in [-0.4, -0.2) is 20.8 Å². The molecule has 0 atom stereocenters. The van der Waals surface area contributed by atoms with Crippen molar-refractivity contribution in [3.8, 4) is 5.69 Å². The summed E-state index contributed by atoms with van der Waals surface area (Å²) < 4.78 is 1.78. The van der Waals surface area contributed by atoms with E-state index in [9.17, 15) is 4.79 Å². The number of urea groups is 1. The molecule has 0 radical (unpaired) electrons. The molecule has 0 aliphatic carbocycles. The smallest absolute Gasteiger partial charge is 0.307 e. The number of fused-ring (bicyclic) bond motifs is 1. The number of pyridine rings is 1. The Hall–Kier alpha value is -4.71. The van der Waals surface area contributed by atoms with Crippen LogP contribution in [0.25, 0.3) is 28.6 Å². The van der Waals surface area contributed by atoms with Crippen LogP contribution in [0.4, 0.5) is 16.3 Å². The maximum Gasteiger partial charge on any atom is 0.324 e. The van der Waals surface area contributed by atoms with Gasteiger partial charge in [-0.05, 0) is 53.8 Å². The van der Waals surface area contributed by atoms with Gasteiger partial charge in [0.1, 0.15) is 5.82 Å². The minimum absolute atomic E-state index is 0.168. The van der Waals surface area contributed by atoms with Crippen molar-refractivity contribution in [3.63, 3.8) is 0 Å². The van der Waals surface area contributed by atoms with Crippen molar-refractivity contribution in [2.45, 2.75) is 33.1 Å². The van der Waals surface area contributed by atoms with Crippen molar-refractivity contribution in [2.24, 2.45) is 0 Å². The van der Waals surface area contributed by atoms with E-state index in [1.165, 1.54) is 0 Å². The highest BCUT2D eigenvalue weighted by Crippen LogP contribution is 2.29. The molecule has 5 rings (SSSR count). The number of hydrogen-bond donors (Lipinski definition) is 2. The van der Waals surface area contributed by atoms with Gasteiger partial charge in [-0.3, -0.25) is 10.3 Å². The molecular formula is C32H31N5O. The molecule has 0 aliphatic heterocycles. The van der Waals surface area contributed by atoms with Gasteiger partial charge < -0.3 is 5.32 Å². The number of aromatic nitrogens is 3. The Morgan fingerprint density at radius 2 is 1.55 bits per heavy atom. The minimum Gasteiger partial charge on any atom is -0.307 e. The van der Waals surface area contributed by atoms with Gasteiger partial charge in [0.2, 0.25) is 0 Å². The van der Waals surface area contributed by atoms with E-state index < -0.39 is 0 Å². The molecule has 0 saturated carbocycles. The van der Waals surface area contributed by atoms with E-state index in [1.807, 2.05) is 79.7 Å². The summed E-state index contributed by atoms with van der Waals surface area (Å²) in [5, 5.41) is 12.9. The molecule has 0 aliphatic rings. The molecule has 2 amide bonds. The fourth-order valence-corrected chi connectivity index (χ4v) is 4.23. The van der Waals surface area contributed by atoms with Crippen molar-refractivity contribution >= 4 is 40.5 Å². The summed E-state index contributed by atoms with van der Waals surface area (Å²) in [7, 11) is 0. The Labute approximate surface area is 223 Å². The Morgan fingerprint density at radius 1 is 0.842 bits per heavy atom. The molecule has 0 bridgehead atoms. The van der Waals surface area contributed by atoms with Crippen LogP contribution in [0.1, 0.15) is 43.2 Å². The molecule has 2 heterocycles. The minimum atomic E-state index is -0.330. The summed E-state index contributed by atoms with van der Waals surface area (Å²) >= 11 is 0. The van der Waals surface area contributed by atoms with E-state index in [2.05, 4.69) is 54.6 Å². The predicted octanol–water partition coefficient (Wildman–Crippen LogP) is 7.84. The first kappa shape index (κ1) is 25.0. The monoisotopic (exact) mass is 501 g/mol. The van der Waals surface area contributed by atoms with Gasteiger partial charge in [0.05, 0.1) is 17.1 Å². The summed E-state index contributed by atoms with van der Waals surface area (Å²) in [6.07, 6.45) is 7.69. The Kier molecular flexibility index (Phi) is 6.79. The highest BCUT2D eigenvalue weighted by Gasteiger charge is 2.21. The van der Waals surface area contributed by atoms with Crippen molar-refractivity contribution in [1.29, 1.82) is 0 Å². The lowest BCUT2D eigenvalue weighted by Crippen LogP contribution is -2.21. The van der Waals surface area contributed by atoms with Gasteiger partial charge in [-0.15, -0.1) is 0 Å². The second-order valence-electron chi connectivity index (χ2n) is 10.4. The van der Waals surface area contributed by atoms with Gasteiger partial charge in [0.15, 0.2) is 0 Å². The highest BCUT2D eigenvalue weighted by molar-refractivity contribution is 6.08. The summed E-state index contributed by atoms with van der Waals surface area (Å²) in [6, 6.07) is 25.6. The van der Waals surface area contributed by atoms with Crippen molar-refractivity contribution < 1.29 is 4.79 Å². The molecule has 0 saturated heterocycles. The second-order valence-corrected chi connectivity index (χ2v) is 10.4. The van der Waals surface area contributed by atoms with Gasteiger partial charge >= 0.3 is 6.03 Å². The molecule has 0 spiro atoms. The van der Waals surface area contributed by atoms with Crippen LogP contribution in [0.2, 0.25) is 0 Å². The topological polar surface area (TPSA) is 71.8 Å². The predicted molar refractivity (Wildman–Crippen MR) is 157 cm³/mol. The van der Waals surface area contributed by atoms with Gasteiger partial charge in [-0.1, -0.05) is 81.0 Å². The van der Waals surface area contributed by atoms with E-state index in [1.54, 1.807) is 17.1 Å². The number of amides is 2. The highest BCUT2D eigenvalue weighted by atomic mass is 16.2. The van der Waals surface area contributed by atoms with Gasteiger partial charge in [0, 0.05) is 29.3 Å². The molecule has 6 heteroatoms. The molecule has 6 nitrogen and oxygen atoms in total. The number of carbonyl (C=O) groups excluding carboxylic acids is 1. The number of anilines is 2. The first-order valence-corrected chi connectivity index (χ1v) is 12.6. The molecule has 3 aromatic carbocycles. The van der Waals surface area contributed by atoms with Gasteiger partial charge in [0.25, 0.3) is 0 Å². The van der Waals surface area contributed by atoms with Crippen LogP contribution in [0.5, 0.6) is 0 Å². The zero-order chi connectivity index (χ0) is 26.7. The lowest BCUT2D eigenvalue weighted by molar-refractivity contribution is 0.262. The molecule has 38 heavy (non-hydrogen) atoms. The summed E-state index contributed by atoms with van der Waals surface area (Å²) in [5.41, 5.74) is 5.65. The SMILES string of the molecule is Cc1ccc(-n2nc(C(C)(C)C)cc2NC(=O)Nc2ccc(/C=C/c3ccncc3)c3ccccc23)cc1. The number of nitrogens with zero attached hydrogens (tertiary/aromatic N) is 3. The van der Waals surface area contributed by atoms with Gasteiger partial charge in [-0.2, -0.15) is 5.10 Å². The zero-order valence-electron chi connectivity index (χ0n) is 22.1. The molecule has 190 valence electrons. The average molecular weight is 502 g/mol. The fourth-order valence-electron chi connectivity index (χ4n) is 4.23. The third kappa shape index (κ3) is 5.49. The zero-order valence-corrected chi connectivity index (χ0v) is 22.1. The van der Waals surface area contributed by atoms with Crippen molar-refractivity contribution in [1.82, 2.24) is 14.8 Å². The number of benzene rings is 3. The number of nitrogens with one attached hydrogen (secondary N) is 2. The van der Waals surface area contributed by atoms with Crippen molar-refractivity contribution in [2.75, 3.05) is 10.6 Å². The van der Waals surface area contributed by atoms with E-state index in [0.717, 1.165) is 44.5 Å². The Bertz CT molecular complexity index is 1610. The molecular weight excluding hydrogens is 470 g/mol.